The number of pyridine rings is 1. The maximum Gasteiger partial charge on any atom is 0.341 e. The number of aromatic amines is 1. The molecular formula is C9H7BrN2O2. The summed E-state index contributed by atoms with van der Waals surface area (Å²) in [6.45, 7) is 0. The molecule has 2 heterocycles. The number of nitrogens with zero attached hydrogens (tertiary/aromatic N) is 1. The average Bonchev–Trinajstić information content (AvgIpc) is 2.62. The molecule has 0 saturated carbocycles. The van der Waals surface area contributed by atoms with Gasteiger partial charge in [0.2, 0.25) is 0 Å². The summed E-state index contributed by atoms with van der Waals surface area (Å²) in [6.07, 6.45) is 3.22. The summed E-state index contributed by atoms with van der Waals surface area (Å²) in [7, 11) is 1.35. The quantitative estimate of drug-likeness (QED) is 0.794. The van der Waals surface area contributed by atoms with Gasteiger partial charge in [-0.05, 0) is 22.0 Å². The molecular weight excluding hydrogens is 248 g/mol. The first kappa shape index (κ1) is 9.21. The molecule has 14 heavy (non-hydrogen) atoms. The van der Waals surface area contributed by atoms with E-state index in [2.05, 4.69) is 30.6 Å². The highest BCUT2D eigenvalue weighted by molar-refractivity contribution is 9.10. The molecule has 4 nitrogen and oxygen atoms in total. The van der Waals surface area contributed by atoms with Crippen LogP contribution in [-0.2, 0) is 4.74 Å². The molecule has 0 aliphatic carbocycles. The van der Waals surface area contributed by atoms with Crippen LogP contribution in [0.2, 0.25) is 0 Å². The van der Waals surface area contributed by atoms with Crippen LogP contribution in [0.5, 0.6) is 0 Å². The van der Waals surface area contributed by atoms with Gasteiger partial charge in [0, 0.05) is 16.9 Å². The summed E-state index contributed by atoms with van der Waals surface area (Å²) >= 11 is 3.36. The number of methoxy groups -OCH3 is 1. The lowest BCUT2D eigenvalue weighted by Crippen LogP contribution is -2.00. The van der Waals surface area contributed by atoms with E-state index in [1.54, 1.807) is 18.5 Å². The maximum absolute atomic E-state index is 11.3. The standard InChI is InChI=1S/C9H7BrN2O2/c1-14-9(13)5-4-12-8-6(10)2-3-11-7(5)8/h2-4,12H,1H3. The SMILES string of the molecule is COC(=O)c1c[nH]c2c(Br)ccnc12. The van der Waals surface area contributed by atoms with Crippen molar-refractivity contribution in [3.05, 3.63) is 28.5 Å². The Hall–Kier alpha value is -1.36. The molecule has 2 aromatic rings. The molecule has 0 aromatic carbocycles. The second kappa shape index (κ2) is 3.42. The second-order valence-electron chi connectivity index (χ2n) is 2.71. The number of aromatic nitrogens is 2. The lowest BCUT2D eigenvalue weighted by Gasteiger charge is -1.96. The number of ether oxygens (including phenoxy) is 1. The van der Waals surface area contributed by atoms with Gasteiger partial charge in [-0.3, -0.25) is 4.98 Å². The van der Waals surface area contributed by atoms with Crippen LogP contribution in [-0.4, -0.2) is 23.0 Å². The first-order chi connectivity index (χ1) is 6.74. The van der Waals surface area contributed by atoms with E-state index < -0.39 is 0 Å². The fourth-order valence-corrected chi connectivity index (χ4v) is 1.68. The first-order valence-corrected chi connectivity index (χ1v) is 4.73. The molecule has 0 unspecified atom stereocenters. The number of rotatable bonds is 1. The Morgan fingerprint density at radius 2 is 2.43 bits per heavy atom. The number of carbonyl (C=O) groups is 1. The molecule has 0 bridgehead atoms. The minimum atomic E-state index is -0.387. The number of esters is 1. The van der Waals surface area contributed by atoms with E-state index in [1.807, 2.05) is 0 Å². The highest BCUT2D eigenvalue weighted by Crippen LogP contribution is 2.23. The van der Waals surface area contributed by atoms with Crippen molar-refractivity contribution in [2.75, 3.05) is 7.11 Å². The summed E-state index contributed by atoms with van der Waals surface area (Å²) in [5, 5.41) is 0. The van der Waals surface area contributed by atoms with Crippen molar-refractivity contribution >= 4 is 32.9 Å². The van der Waals surface area contributed by atoms with Gasteiger partial charge in [0.1, 0.15) is 11.1 Å². The molecule has 0 spiro atoms. The summed E-state index contributed by atoms with van der Waals surface area (Å²) in [5.74, 6) is -0.387. The van der Waals surface area contributed by atoms with Crippen LogP contribution in [0, 0.1) is 0 Å². The Labute approximate surface area is 88.4 Å². The molecule has 0 aliphatic heterocycles. The molecule has 0 atom stereocenters. The number of hydrogen-bond acceptors (Lipinski definition) is 3. The minimum Gasteiger partial charge on any atom is -0.465 e. The summed E-state index contributed by atoms with van der Waals surface area (Å²) < 4.78 is 5.50. The van der Waals surface area contributed by atoms with Crippen LogP contribution >= 0.6 is 15.9 Å². The molecule has 0 amide bonds. The number of H-pyrrole nitrogens is 1. The van der Waals surface area contributed by atoms with Crippen LogP contribution in [0.4, 0.5) is 0 Å². The van der Waals surface area contributed by atoms with Crippen molar-refractivity contribution in [2.24, 2.45) is 0 Å². The fourth-order valence-electron chi connectivity index (χ4n) is 1.26. The number of halogens is 1. The van der Waals surface area contributed by atoms with E-state index in [0.717, 1.165) is 9.99 Å². The summed E-state index contributed by atoms with van der Waals surface area (Å²) in [4.78, 5) is 18.4. The highest BCUT2D eigenvalue weighted by Gasteiger charge is 2.14. The van der Waals surface area contributed by atoms with Crippen molar-refractivity contribution < 1.29 is 9.53 Å². The van der Waals surface area contributed by atoms with Gasteiger partial charge in [0.25, 0.3) is 0 Å². The van der Waals surface area contributed by atoms with Crippen molar-refractivity contribution in [1.82, 2.24) is 9.97 Å². The van der Waals surface area contributed by atoms with E-state index in [4.69, 9.17) is 0 Å². The third-order valence-corrected chi connectivity index (χ3v) is 2.58. The topological polar surface area (TPSA) is 55.0 Å². The van der Waals surface area contributed by atoms with Crippen LogP contribution in [0.25, 0.3) is 11.0 Å². The van der Waals surface area contributed by atoms with Gasteiger partial charge in [-0.1, -0.05) is 0 Å². The van der Waals surface area contributed by atoms with Gasteiger partial charge >= 0.3 is 5.97 Å². The average molecular weight is 255 g/mol. The van der Waals surface area contributed by atoms with Crippen LogP contribution in [0.1, 0.15) is 10.4 Å². The van der Waals surface area contributed by atoms with Crippen LogP contribution < -0.4 is 0 Å². The van der Waals surface area contributed by atoms with Gasteiger partial charge < -0.3 is 9.72 Å². The minimum absolute atomic E-state index is 0.387. The number of nitrogens with one attached hydrogen (secondary N) is 1. The Morgan fingerprint density at radius 3 is 3.14 bits per heavy atom. The third-order valence-electron chi connectivity index (χ3n) is 1.92. The Kier molecular flexibility index (Phi) is 2.25. The third kappa shape index (κ3) is 1.29. The Balaban J connectivity index is 2.70. The normalized spacial score (nSPS) is 10.4. The largest absolute Gasteiger partial charge is 0.465 e. The predicted octanol–water partition coefficient (Wildman–Crippen LogP) is 2.11. The van der Waals surface area contributed by atoms with Crippen molar-refractivity contribution in [1.29, 1.82) is 0 Å². The highest BCUT2D eigenvalue weighted by atomic mass is 79.9. The van der Waals surface area contributed by atoms with Gasteiger partial charge in [0.05, 0.1) is 12.6 Å². The van der Waals surface area contributed by atoms with Crippen molar-refractivity contribution in [3.63, 3.8) is 0 Å². The maximum atomic E-state index is 11.3. The molecule has 0 aliphatic rings. The lowest BCUT2D eigenvalue weighted by atomic mass is 10.3. The van der Waals surface area contributed by atoms with Gasteiger partial charge in [-0.25, -0.2) is 4.79 Å². The van der Waals surface area contributed by atoms with E-state index in [0.29, 0.717) is 11.1 Å². The fraction of sp³-hybridized carbons (Fsp3) is 0.111. The van der Waals surface area contributed by atoms with Gasteiger partial charge in [-0.2, -0.15) is 0 Å². The zero-order valence-electron chi connectivity index (χ0n) is 7.37. The number of carbonyl (C=O) groups excluding carboxylic acids is 1. The molecule has 0 saturated heterocycles. The molecule has 0 radical (unpaired) electrons. The van der Waals surface area contributed by atoms with E-state index in [9.17, 15) is 4.79 Å². The smallest absolute Gasteiger partial charge is 0.341 e. The van der Waals surface area contributed by atoms with Gasteiger partial charge in [-0.15, -0.1) is 0 Å². The number of hydrogen-bond donors (Lipinski definition) is 1. The number of fused-ring (bicyclic) bond motifs is 1. The Morgan fingerprint density at radius 1 is 1.64 bits per heavy atom. The van der Waals surface area contributed by atoms with E-state index in [-0.39, 0.29) is 5.97 Å². The summed E-state index contributed by atoms with van der Waals surface area (Å²) in [6, 6.07) is 1.81. The van der Waals surface area contributed by atoms with E-state index in [1.165, 1.54) is 7.11 Å². The molecule has 0 fully saturated rings. The monoisotopic (exact) mass is 254 g/mol. The molecule has 2 rings (SSSR count). The Bertz CT molecular complexity index is 493. The van der Waals surface area contributed by atoms with Crippen molar-refractivity contribution in [2.45, 2.75) is 0 Å². The second-order valence-corrected chi connectivity index (χ2v) is 3.56. The summed E-state index contributed by atoms with van der Waals surface area (Å²) in [5.41, 5.74) is 1.86. The van der Waals surface area contributed by atoms with E-state index >= 15 is 0 Å². The lowest BCUT2D eigenvalue weighted by molar-refractivity contribution is 0.0603. The first-order valence-electron chi connectivity index (χ1n) is 3.94. The predicted molar refractivity (Wildman–Crippen MR) is 55.1 cm³/mol. The van der Waals surface area contributed by atoms with Gasteiger partial charge in [0.15, 0.2) is 0 Å². The van der Waals surface area contributed by atoms with Crippen LogP contribution in [0.15, 0.2) is 22.9 Å². The van der Waals surface area contributed by atoms with Crippen LogP contribution in [0.3, 0.4) is 0 Å². The molecule has 1 N–H and O–H groups in total. The van der Waals surface area contributed by atoms with Crippen molar-refractivity contribution in [3.8, 4) is 0 Å². The molecule has 2 aromatic heterocycles. The zero-order valence-corrected chi connectivity index (χ0v) is 8.96. The molecule has 5 heteroatoms. The zero-order chi connectivity index (χ0) is 10.1. The molecule has 72 valence electrons.